The molecule has 21 heavy (non-hydrogen) atoms. The molecule has 2 fully saturated rings. The van der Waals surface area contributed by atoms with E-state index in [2.05, 4.69) is 38.0 Å². The summed E-state index contributed by atoms with van der Waals surface area (Å²) in [5.41, 5.74) is 0. The Morgan fingerprint density at radius 3 is 2.67 bits per heavy atom. The van der Waals surface area contributed by atoms with Crippen LogP contribution in [0.1, 0.15) is 52.9 Å². The van der Waals surface area contributed by atoms with Gasteiger partial charge in [0.15, 0.2) is 0 Å². The molecule has 124 valence electrons. The highest BCUT2D eigenvalue weighted by molar-refractivity contribution is 4.89. The molecular weight excluding hydrogens is 260 g/mol. The van der Waals surface area contributed by atoms with Crippen LogP contribution in [0.3, 0.4) is 0 Å². The standard InChI is InChI=1S/C18H36N2O/c1-5-8-19-18-11-14(2)10-15(3)17(18)13-20(4)12-16-7-6-9-21-16/h14-19H,5-13H2,1-4H3. The summed E-state index contributed by atoms with van der Waals surface area (Å²) in [6, 6.07) is 0.704. The van der Waals surface area contributed by atoms with Crippen molar-refractivity contribution >= 4 is 0 Å². The van der Waals surface area contributed by atoms with Crippen LogP contribution in [0.2, 0.25) is 0 Å². The first kappa shape index (κ1) is 17.2. The Morgan fingerprint density at radius 1 is 1.19 bits per heavy atom. The van der Waals surface area contributed by atoms with Crippen molar-refractivity contribution < 1.29 is 4.74 Å². The van der Waals surface area contributed by atoms with Crippen LogP contribution in [-0.2, 0) is 4.74 Å². The van der Waals surface area contributed by atoms with Crippen molar-refractivity contribution in [2.24, 2.45) is 17.8 Å². The van der Waals surface area contributed by atoms with Crippen LogP contribution in [0.5, 0.6) is 0 Å². The van der Waals surface area contributed by atoms with E-state index in [-0.39, 0.29) is 0 Å². The Bertz CT molecular complexity index is 291. The summed E-state index contributed by atoms with van der Waals surface area (Å²) in [5, 5.41) is 3.82. The van der Waals surface area contributed by atoms with Crippen molar-refractivity contribution in [2.45, 2.75) is 65.0 Å². The zero-order valence-electron chi connectivity index (χ0n) is 14.6. The molecule has 0 aromatic carbocycles. The molecule has 3 heteroatoms. The molecule has 5 atom stereocenters. The fraction of sp³-hybridized carbons (Fsp3) is 1.00. The number of nitrogens with one attached hydrogen (secondary N) is 1. The van der Waals surface area contributed by atoms with Crippen LogP contribution in [0, 0.1) is 17.8 Å². The molecule has 2 rings (SSSR count). The summed E-state index contributed by atoms with van der Waals surface area (Å²) in [4.78, 5) is 2.52. The average Bonchev–Trinajstić information content (AvgIpc) is 2.92. The SMILES string of the molecule is CCCNC1CC(C)CC(C)C1CN(C)CC1CCCO1. The van der Waals surface area contributed by atoms with E-state index in [1.54, 1.807) is 0 Å². The van der Waals surface area contributed by atoms with Crippen molar-refractivity contribution in [1.82, 2.24) is 10.2 Å². The fourth-order valence-electron chi connectivity index (χ4n) is 4.35. The fourth-order valence-corrected chi connectivity index (χ4v) is 4.35. The number of hydrogen-bond acceptors (Lipinski definition) is 3. The zero-order valence-corrected chi connectivity index (χ0v) is 14.6. The Balaban J connectivity index is 1.86. The number of nitrogens with zero attached hydrogens (tertiary/aromatic N) is 1. The minimum Gasteiger partial charge on any atom is -0.377 e. The summed E-state index contributed by atoms with van der Waals surface area (Å²) < 4.78 is 5.79. The maximum Gasteiger partial charge on any atom is 0.0702 e. The summed E-state index contributed by atoms with van der Waals surface area (Å²) in [5.74, 6) is 2.49. The monoisotopic (exact) mass is 296 g/mol. The number of rotatable bonds is 7. The van der Waals surface area contributed by atoms with E-state index in [1.165, 1.54) is 38.6 Å². The van der Waals surface area contributed by atoms with Gasteiger partial charge in [0.05, 0.1) is 6.10 Å². The predicted octanol–water partition coefficient (Wildman–Crippen LogP) is 3.15. The second-order valence-corrected chi connectivity index (χ2v) is 7.63. The lowest BCUT2D eigenvalue weighted by Crippen LogP contribution is -2.49. The Morgan fingerprint density at radius 2 is 2.00 bits per heavy atom. The molecule has 1 heterocycles. The predicted molar refractivity (Wildman–Crippen MR) is 89.6 cm³/mol. The van der Waals surface area contributed by atoms with Crippen molar-refractivity contribution in [3.8, 4) is 0 Å². The quantitative estimate of drug-likeness (QED) is 0.781. The maximum absolute atomic E-state index is 5.79. The van der Waals surface area contributed by atoms with Gasteiger partial charge in [-0.3, -0.25) is 0 Å². The van der Waals surface area contributed by atoms with Crippen LogP contribution in [0.4, 0.5) is 0 Å². The Labute approximate surface area is 131 Å². The molecule has 0 radical (unpaired) electrons. The Kier molecular flexibility index (Phi) is 6.97. The summed E-state index contributed by atoms with van der Waals surface area (Å²) >= 11 is 0. The van der Waals surface area contributed by atoms with Gasteiger partial charge >= 0.3 is 0 Å². The molecule has 0 amide bonds. The van der Waals surface area contributed by atoms with Gasteiger partial charge in [-0.2, -0.15) is 0 Å². The first-order valence-corrected chi connectivity index (χ1v) is 9.13. The van der Waals surface area contributed by atoms with E-state index < -0.39 is 0 Å². The van der Waals surface area contributed by atoms with Gasteiger partial charge in [0.1, 0.15) is 0 Å². The van der Waals surface area contributed by atoms with Gasteiger partial charge in [0.2, 0.25) is 0 Å². The van der Waals surface area contributed by atoms with E-state index in [0.29, 0.717) is 12.1 Å². The molecule has 0 spiro atoms. The lowest BCUT2D eigenvalue weighted by molar-refractivity contribution is 0.0581. The molecule has 2 aliphatic rings. The topological polar surface area (TPSA) is 24.5 Å². The second-order valence-electron chi connectivity index (χ2n) is 7.63. The van der Waals surface area contributed by atoms with E-state index in [0.717, 1.165) is 37.5 Å². The van der Waals surface area contributed by atoms with Gasteiger partial charge in [-0.15, -0.1) is 0 Å². The maximum atomic E-state index is 5.79. The molecule has 0 bridgehead atoms. The average molecular weight is 296 g/mol. The van der Waals surface area contributed by atoms with E-state index in [4.69, 9.17) is 4.74 Å². The molecule has 1 aliphatic carbocycles. The van der Waals surface area contributed by atoms with Crippen molar-refractivity contribution in [3.05, 3.63) is 0 Å². The number of ether oxygens (including phenoxy) is 1. The third-order valence-electron chi connectivity index (χ3n) is 5.40. The minimum atomic E-state index is 0.481. The van der Waals surface area contributed by atoms with Crippen LogP contribution in [-0.4, -0.2) is 50.3 Å². The van der Waals surface area contributed by atoms with E-state index >= 15 is 0 Å². The van der Waals surface area contributed by atoms with Gasteiger partial charge in [0, 0.05) is 25.7 Å². The molecule has 5 unspecified atom stereocenters. The van der Waals surface area contributed by atoms with Crippen LogP contribution < -0.4 is 5.32 Å². The van der Waals surface area contributed by atoms with Crippen molar-refractivity contribution in [1.29, 1.82) is 0 Å². The Hall–Kier alpha value is -0.120. The third-order valence-corrected chi connectivity index (χ3v) is 5.40. The lowest BCUT2D eigenvalue weighted by atomic mass is 9.72. The normalized spacial score (nSPS) is 37.3. The second kappa shape index (κ2) is 8.50. The van der Waals surface area contributed by atoms with Gasteiger partial charge in [-0.25, -0.2) is 0 Å². The molecule has 1 N–H and O–H groups in total. The van der Waals surface area contributed by atoms with Gasteiger partial charge in [-0.05, 0) is 63.5 Å². The molecule has 1 saturated heterocycles. The van der Waals surface area contributed by atoms with Crippen LogP contribution in [0.25, 0.3) is 0 Å². The van der Waals surface area contributed by atoms with E-state index in [1.807, 2.05) is 0 Å². The first-order valence-electron chi connectivity index (χ1n) is 9.13. The molecular formula is C18H36N2O. The molecule has 0 aromatic rings. The molecule has 3 nitrogen and oxygen atoms in total. The highest BCUT2D eigenvalue weighted by atomic mass is 16.5. The minimum absolute atomic E-state index is 0.481. The van der Waals surface area contributed by atoms with Crippen molar-refractivity contribution in [2.75, 3.05) is 33.3 Å². The van der Waals surface area contributed by atoms with E-state index in [9.17, 15) is 0 Å². The molecule has 1 saturated carbocycles. The van der Waals surface area contributed by atoms with Crippen molar-refractivity contribution in [3.63, 3.8) is 0 Å². The van der Waals surface area contributed by atoms with Gasteiger partial charge < -0.3 is 15.0 Å². The summed E-state index contributed by atoms with van der Waals surface area (Å²) in [6.07, 6.45) is 6.95. The van der Waals surface area contributed by atoms with Crippen LogP contribution in [0.15, 0.2) is 0 Å². The zero-order chi connectivity index (χ0) is 15.2. The third kappa shape index (κ3) is 5.22. The molecule has 0 aromatic heterocycles. The number of hydrogen-bond donors (Lipinski definition) is 1. The number of likely N-dealkylation sites (N-methyl/N-ethyl adjacent to an activating group) is 1. The van der Waals surface area contributed by atoms with Gasteiger partial charge in [-0.1, -0.05) is 20.8 Å². The summed E-state index contributed by atoms with van der Waals surface area (Å²) in [6.45, 7) is 11.6. The largest absolute Gasteiger partial charge is 0.377 e. The summed E-state index contributed by atoms with van der Waals surface area (Å²) in [7, 11) is 2.28. The van der Waals surface area contributed by atoms with Gasteiger partial charge in [0.25, 0.3) is 0 Å². The highest BCUT2D eigenvalue weighted by Crippen LogP contribution is 2.34. The smallest absolute Gasteiger partial charge is 0.0702 e. The van der Waals surface area contributed by atoms with Crippen LogP contribution >= 0.6 is 0 Å². The first-order chi connectivity index (χ1) is 10.1. The lowest BCUT2D eigenvalue weighted by Gasteiger charge is -2.42. The molecule has 1 aliphatic heterocycles. The highest BCUT2D eigenvalue weighted by Gasteiger charge is 2.34.